The van der Waals surface area contributed by atoms with Crippen LogP contribution in [0.3, 0.4) is 0 Å². The molecule has 0 atom stereocenters. The highest BCUT2D eigenvalue weighted by molar-refractivity contribution is 5.64. The molecule has 2 aromatic rings. The number of halogens is 1. The summed E-state index contributed by atoms with van der Waals surface area (Å²) in [6, 6.07) is 14.5. The molecule has 2 heteroatoms. The van der Waals surface area contributed by atoms with Crippen LogP contribution in [0.25, 0.3) is 11.1 Å². The zero-order valence-corrected chi connectivity index (χ0v) is 11.1. The van der Waals surface area contributed by atoms with E-state index in [9.17, 15) is 4.39 Å². The van der Waals surface area contributed by atoms with Crippen LogP contribution in [0.15, 0.2) is 42.5 Å². The summed E-state index contributed by atoms with van der Waals surface area (Å²) in [4.78, 5) is 0. The highest BCUT2D eigenvalue weighted by Gasteiger charge is 2.19. The van der Waals surface area contributed by atoms with Gasteiger partial charge in [0.1, 0.15) is 5.82 Å². The molecule has 1 saturated carbocycles. The van der Waals surface area contributed by atoms with Gasteiger partial charge in [-0.3, -0.25) is 0 Å². The van der Waals surface area contributed by atoms with Gasteiger partial charge in [0.05, 0.1) is 0 Å². The van der Waals surface area contributed by atoms with Gasteiger partial charge < -0.3 is 5.32 Å². The monoisotopic (exact) mass is 255 g/mol. The first-order valence-electron chi connectivity index (χ1n) is 6.81. The molecule has 0 heterocycles. The quantitative estimate of drug-likeness (QED) is 0.869. The van der Waals surface area contributed by atoms with E-state index in [0.29, 0.717) is 5.56 Å². The molecule has 0 amide bonds. The molecule has 0 aromatic heterocycles. The molecular formula is C17H18FN. The highest BCUT2D eigenvalue weighted by Crippen LogP contribution is 2.23. The first-order valence-corrected chi connectivity index (χ1v) is 6.81. The Kier molecular flexibility index (Phi) is 3.34. The molecule has 1 aliphatic carbocycles. The van der Waals surface area contributed by atoms with Gasteiger partial charge in [-0.25, -0.2) is 4.39 Å². The van der Waals surface area contributed by atoms with E-state index < -0.39 is 0 Å². The van der Waals surface area contributed by atoms with Crippen molar-refractivity contribution >= 4 is 0 Å². The third-order valence-electron chi connectivity index (χ3n) is 3.62. The molecule has 1 N–H and O–H groups in total. The average Bonchev–Trinajstić information content (AvgIpc) is 3.24. The Morgan fingerprint density at radius 3 is 2.37 bits per heavy atom. The number of aryl methyl sites for hydroxylation is 1. The largest absolute Gasteiger partial charge is 0.310 e. The van der Waals surface area contributed by atoms with E-state index >= 15 is 0 Å². The van der Waals surface area contributed by atoms with Gasteiger partial charge in [0, 0.05) is 12.6 Å². The number of rotatable bonds is 4. The minimum absolute atomic E-state index is 0.144. The molecular weight excluding hydrogens is 237 g/mol. The van der Waals surface area contributed by atoms with E-state index in [-0.39, 0.29) is 5.82 Å². The Balaban J connectivity index is 1.74. The molecule has 0 radical (unpaired) electrons. The summed E-state index contributed by atoms with van der Waals surface area (Å²) in [5, 5.41) is 3.50. The fraction of sp³-hybridized carbons (Fsp3) is 0.294. The molecule has 0 spiro atoms. The van der Waals surface area contributed by atoms with Gasteiger partial charge in [-0.2, -0.15) is 0 Å². The third kappa shape index (κ3) is 3.02. The Morgan fingerprint density at radius 1 is 1.05 bits per heavy atom. The van der Waals surface area contributed by atoms with E-state index in [1.165, 1.54) is 24.5 Å². The van der Waals surface area contributed by atoms with Gasteiger partial charge in [-0.1, -0.05) is 30.3 Å². The lowest BCUT2D eigenvalue weighted by atomic mass is 10.0. The summed E-state index contributed by atoms with van der Waals surface area (Å²) in [5.41, 5.74) is 4.20. The van der Waals surface area contributed by atoms with Crippen molar-refractivity contribution in [1.82, 2.24) is 5.32 Å². The van der Waals surface area contributed by atoms with Crippen molar-refractivity contribution in [1.29, 1.82) is 0 Å². The topological polar surface area (TPSA) is 12.0 Å². The molecule has 0 saturated heterocycles. The predicted octanol–water partition coefficient (Wildman–Crippen LogP) is 4.05. The van der Waals surface area contributed by atoms with Crippen LogP contribution in [0.2, 0.25) is 0 Å². The van der Waals surface area contributed by atoms with Crippen LogP contribution in [0.5, 0.6) is 0 Å². The van der Waals surface area contributed by atoms with Crippen LogP contribution >= 0.6 is 0 Å². The van der Waals surface area contributed by atoms with Crippen LogP contribution in [0.1, 0.15) is 24.0 Å². The third-order valence-corrected chi connectivity index (χ3v) is 3.62. The predicted molar refractivity (Wildman–Crippen MR) is 76.4 cm³/mol. The van der Waals surface area contributed by atoms with Crippen molar-refractivity contribution in [2.24, 2.45) is 0 Å². The van der Waals surface area contributed by atoms with Crippen LogP contribution in [0, 0.1) is 12.7 Å². The first-order chi connectivity index (χ1) is 9.22. The lowest BCUT2D eigenvalue weighted by Crippen LogP contribution is -2.14. The molecule has 0 bridgehead atoms. The van der Waals surface area contributed by atoms with Gasteiger partial charge >= 0.3 is 0 Å². The maximum Gasteiger partial charge on any atom is 0.126 e. The summed E-state index contributed by atoms with van der Waals surface area (Å²) < 4.78 is 13.3. The number of hydrogen-bond donors (Lipinski definition) is 1. The van der Waals surface area contributed by atoms with Crippen molar-refractivity contribution in [2.45, 2.75) is 32.4 Å². The van der Waals surface area contributed by atoms with Crippen LogP contribution < -0.4 is 5.32 Å². The van der Waals surface area contributed by atoms with Crippen molar-refractivity contribution in [3.05, 3.63) is 59.4 Å². The Labute approximate surface area is 113 Å². The van der Waals surface area contributed by atoms with Gasteiger partial charge in [0.2, 0.25) is 0 Å². The summed E-state index contributed by atoms with van der Waals surface area (Å²) in [5.74, 6) is -0.144. The second-order valence-electron chi connectivity index (χ2n) is 5.32. The van der Waals surface area contributed by atoms with E-state index in [0.717, 1.165) is 23.7 Å². The fourth-order valence-electron chi connectivity index (χ4n) is 2.19. The normalized spacial score (nSPS) is 14.6. The van der Waals surface area contributed by atoms with Crippen molar-refractivity contribution in [3.63, 3.8) is 0 Å². The van der Waals surface area contributed by atoms with E-state index in [1.54, 1.807) is 6.92 Å². The maximum atomic E-state index is 13.3. The summed E-state index contributed by atoms with van der Waals surface area (Å²) in [6.45, 7) is 2.74. The minimum atomic E-state index is -0.144. The molecule has 2 aromatic carbocycles. The smallest absolute Gasteiger partial charge is 0.126 e. The van der Waals surface area contributed by atoms with Crippen molar-refractivity contribution < 1.29 is 4.39 Å². The fourth-order valence-corrected chi connectivity index (χ4v) is 2.19. The summed E-state index contributed by atoms with van der Waals surface area (Å²) in [6.07, 6.45) is 2.62. The number of benzene rings is 2. The average molecular weight is 255 g/mol. The van der Waals surface area contributed by atoms with Gasteiger partial charge in [-0.05, 0) is 54.2 Å². The van der Waals surface area contributed by atoms with Crippen molar-refractivity contribution in [3.8, 4) is 11.1 Å². The Morgan fingerprint density at radius 2 is 1.74 bits per heavy atom. The standard InChI is InChI=1S/C17H18FN/c1-12-10-15(6-9-17(12)18)14-4-2-13(3-5-14)11-19-16-7-8-16/h2-6,9-10,16,19H,7-8,11H2,1H3. The Bertz CT molecular complexity index is 570. The van der Waals surface area contributed by atoms with Gasteiger partial charge in [-0.15, -0.1) is 0 Å². The molecule has 3 rings (SSSR count). The van der Waals surface area contributed by atoms with E-state index in [2.05, 4.69) is 29.6 Å². The SMILES string of the molecule is Cc1cc(-c2ccc(CNC3CC3)cc2)ccc1F. The number of hydrogen-bond acceptors (Lipinski definition) is 1. The first kappa shape index (κ1) is 12.4. The highest BCUT2D eigenvalue weighted by atomic mass is 19.1. The molecule has 0 unspecified atom stereocenters. The second-order valence-corrected chi connectivity index (χ2v) is 5.32. The molecule has 0 aliphatic heterocycles. The Hall–Kier alpha value is -1.67. The molecule has 19 heavy (non-hydrogen) atoms. The molecule has 1 fully saturated rings. The second kappa shape index (κ2) is 5.14. The lowest BCUT2D eigenvalue weighted by Gasteiger charge is -2.07. The molecule has 1 aliphatic rings. The van der Waals surface area contributed by atoms with Crippen LogP contribution in [0.4, 0.5) is 4.39 Å². The number of nitrogens with one attached hydrogen (secondary N) is 1. The summed E-state index contributed by atoms with van der Waals surface area (Å²) >= 11 is 0. The zero-order chi connectivity index (χ0) is 13.2. The lowest BCUT2D eigenvalue weighted by molar-refractivity contribution is 0.619. The van der Waals surface area contributed by atoms with Crippen LogP contribution in [-0.2, 0) is 6.54 Å². The van der Waals surface area contributed by atoms with Crippen LogP contribution in [-0.4, -0.2) is 6.04 Å². The maximum absolute atomic E-state index is 13.3. The van der Waals surface area contributed by atoms with E-state index in [4.69, 9.17) is 0 Å². The van der Waals surface area contributed by atoms with E-state index in [1.807, 2.05) is 12.1 Å². The van der Waals surface area contributed by atoms with Crippen molar-refractivity contribution in [2.75, 3.05) is 0 Å². The molecule has 1 nitrogen and oxygen atoms in total. The minimum Gasteiger partial charge on any atom is -0.310 e. The molecule has 98 valence electrons. The van der Waals surface area contributed by atoms with Gasteiger partial charge in [0.15, 0.2) is 0 Å². The summed E-state index contributed by atoms with van der Waals surface area (Å²) in [7, 11) is 0. The van der Waals surface area contributed by atoms with Gasteiger partial charge in [0.25, 0.3) is 0 Å². The zero-order valence-electron chi connectivity index (χ0n) is 11.1.